The zero-order valence-electron chi connectivity index (χ0n) is 18.5. The normalized spacial score (nSPS) is 15.1. The Morgan fingerprint density at radius 1 is 0.969 bits per heavy atom. The molecule has 1 fully saturated rings. The van der Waals surface area contributed by atoms with Crippen LogP contribution in [0.5, 0.6) is 5.75 Å². The molecule has 6 heteroatoms. The zero-order valence-corrected chi connectivity index (χ0v) is 19.3. The Hall–Kier alpha value is -3.25. The third-order valence-electron chi connectivity index (χ3n) is 5.53. The standard InChI is InChI=1S/C26H26N2O3S/c1-18-8-7-11-23(14-18)31-13-12-27-25(29)24(32-26(27)30)16-22-15-19(2)28(20(22)3)17-21-9-5-4-6-10-21/h4-11,14-16H,12-13,17H2,1-3H3/b24-16-. The Morgan fingerprint density at radius 3 is 2.50 bits per heavy atom. The molecule has 3 aromatic rings. The number of aryl methyl sites for hydroxylation is 2. The molecule has 0 N–H and O–H groups in total. The summed E-state index contributed by atoms with van der Waals surface area (Å²) in [7, 11) is 0. The maximum atomic E-state index is 12.9. The number of hydrogen-bond acceptors (Lipinski definition) is 4. The summed E-state index contributed by atoms with van der Waals surface area (Å²) in [6.45, 7) is 7.35. The van der Waals surface area contributed by atoms with Crippen molar-refractivity contribution in [2.45, 2.75) is 27.3 Å². The van der Waals surface area contributed by atoms with Gasteiger partial charge in [-0.05, 0) is 73.5 Å². The Bertz CT molecular complexity index is 1180. The first-order chi connectivity index (χ1) is 15.4. The van der Waals surface area contributed by atoms with Gasteiger partial charge in [0.1, 0.15) is 12.4 Å². The van der Waals surface area contributed by atoms with Crippen LogP contribution in [0.4, 0.5) is 4.79 Å². The van der Waals surface area contributed by atoms with Crippen LogP contribution in [0.15, 0.2) is 65.6 Å². The summed E-state index contributed by atoms with van der Waals surface area (Å²) in [5.41, 5.74) is 5.46. The van der Waals surface area contributed by atoms with Crippen molar-refractivity contribution in [1.82, 2.24) is 9.47 Å². The van der Waals surface area contributed by atoms with Gasteiger partial charge in [0.05, 0.1) is 11.4 Å². The van der Waals surface area contributed by atoms with Gasteiger partial charge in [0, 0.05) is 17.9 Å². The predicted octanol–water partition coefficient (Wildman–Crippen LogP) is 5.58. The van der Waals surface area contributed by atoms with E-state index in [-0.39, 0.29) is 24.3 Å². The van der Waals surface area contributed by atoms with Gasteiger partial charge in [-0.2, -0.15) is 0 Å². The van der Waals surface area contributed by atoms with Crippen LogP contribution in [0, 0.1) is 20.8 Å². The molecule has 2 aromatic carbocycles. The number of hydrogen-bond donors (Lipinski definition) is 0. The third kappa shape index (κ3) is 4.81. The molecule has 0 saturated carbocycles. The molecular formula is C26H26N2O3S. The van der Waals surface area contributed by atoms with Gasteiger partial charge in [0.15, 0.2) is 0 Å². The van der Waals surface area contributed by atoms with E-state index in [4.69, 9.17) is 4.74 Å². The summed E-state index contributed by atoms with van der Waals surface area (Å²) in [6, 6.07) is 20.0. The molecule has 2 amide bonds. The van der Waals surface area contributed by atoms with E-state index in [0.29, 0.717) is 4.91 Å². The zero-order chi connectivity index (χ0) is 22.7. The molecule has 5 nitrogen and oxygen atoms in total. The van der Waals surface area contributed by atoms with Gasteiger partial charge in [0.25, 0.3) is 11.1 Å². The molecule has 32 heavy (non-hydrogen) atoms. The van der Waals surface area contributed by atoms with Gasteiger partial charge in [-0.25, -0.2) is 0 Å². The molecule has 0 atom stereocenters. The Labute approximate surface area is 192 Å². The topological polar surface area (TPSA) is 51.5 Å². The van der Waals surface area contributed by atoms with Crippen molar-refractivity contribution in [3.63, 3.8) is 0 Å². The summed E-state index contributed by atoms with van der Waals surface area (Å²) >= 11 is 0.987. The van der Waals surface area contributed by atoms with Crippen molar-refractivity contribution in [3.8, 4) is 5.75 Å². The minimum absolute atomic E-state index is 0.225. The summed E-state index contributed by atoms with van der Waals surface area (Å²) in [5.74, 6) is 0.471. The van der Waals surface area contributed by atoms with Gasteiger partial charge in [-0.3, -0.25) is 14.5 Å². The second-order valence-electron chi connectivity index (χ2n) is 7.90. The minimum Gasteiger partial charge on any atom is -0.492 e. The largest absolute Gasteiger partial charge is 0.492 e. The van der Waals surface area contributed by atoms with Gasteiger partial charge >= 0.3 is 0 Å². The summed E-state index contributed by atoms with van der Waals surface area (Å²) in [5, 5.41) is -0.257. The number of thioether (sulfide) groups is 1. The molecule has 2 heterocycles. The maximum absolute atomic E-state index is 12.9. The van der Waals surface area contributed by atoms with Crippen LogP contribution >= 0.6 is 11.8 Å². The lowest BCUT2D eigenvalue weighted by Crippen LogP contribution is -2.32. The van der Waals surface area contributed by atoms with Crippen LogP contribution in [0.3, 0.4) is 0 Å². The first-order valence-corrected chi connectivity index (χ1v) is 11.4. The van der Waals surface area contributed by atoms with Crippen molar-refractivity contribution in [2.75, 3.05) is 13.2 Å². The summed E-state index contributed by atoms with van der Waals surface area (Å²) in [4.78, 5) is 27.0. The number of nitrogens with zero attached hydrogens (tertiary/aromatic N) is 2. The highest BCUT2D eigenvalue weighted by Crippen LogP contribution is 2.33. The summed E-state index contributed by atoms with van der Waals surface area (Å²) < 4.78 is 7.94. The van der Waals surface area contributed by atoms with Gasteiger partial charge in [0.2, 0.25) is 0 Å². The molecule has 4 rings (SSSR count). The molecule has 1 aliphatic rings. The number of rotatable bonds is 7. The van der Waals surface area contributed by atoms with Crippen molar-refractivity contribution in [2.24, 2.45) is 0 Å². The molecule has 0 aliphatic carbocycles. The van der Waals surface area contributed by atoms with E-state index in [9.17, 15) is 9.59 Å². The highest BCUT2D eigenvalue weighted by atomic mass is 32.2. The lowest BCUT2D eigenvalue weighted by molar-refractivity contribution is -0.123. The number of amides is 2. The van der Waals surface area contributed by atoms with Crippen molar-refractivity contribution < 1.29 is 14.3 Å². The summed E-state index contributed by atoms with van der Waals surface area (Å²) in [6.07, 6.45) is 1.83. The second-order valence-corrected chi connectivity index (χ2v) is 8.89. The van der Waals surface area contributed by atoms with E-state index in [2.05, 4.69) is 29.7 Å². The van der Waals surface area contributed by atoms with Crippen molar-refractivity contribution >= 4 is 29.0 Å². The fraction of sp³-hybridized carbons (Fsp3) is 0.231. The van der Waals surface area contributed by atoms with Crippen LogP contribution < -0.4 is 4.74 Å². The molecular weight excluding hydrogens is 420 g/mol. The third-order valence-corrected chi connectivity index (χ3v) is 6.44. The predicted molar refractivity (Wildman–Crippen MR) is 129 cm³/mol. The van der Waals surface area contributed by atoms with E-state index in [1.165, 1.54) is 10.5 Å². The SMILES string of the molecule is Cc1cccc(OCCN2C(=O)S/C(=C\c3cc(C)n(Cc4ccccc4)c3C)C2=O)c1. The molecule has 164 valence electrons. The van der Waals surface area contributed by atoms with E-state index < -0.39 is 0 Å². The molecule has 1 saturated heterocycles. The average Bonchev–Trinajstić information content (AvgIpc) is 3.19. The lowest BCUT2D eigenvalue weighted by Gasteiger charge is -2.13. The van der Waals surface area contributed by atoms with Crippen LogP contribution in [0.1, 0.15) is 28.1 Å². The van der Waals surface area contributed by atoms with Crippen LogP contribution in [0.2, 0.25) is 0 Å². The highest BCUT2D eigenvalue weighted by Gasteiger charge is 2.35. The highest BCUT2D eigenvalue weighted by molar-refractivity contribution is 8.18. The van der Waals surface area contributed by atoms with Gasteiger partial charge < -0.3 is 9.30 Å². The van der Waals surface area contributed by atoms with Crippen molar-refractivity contribution in [1.29, 1.82) is 0 Å². The van der Waals surface area contributed by atoms with E-state index >= 15 is 0 Å². The monoisotopic (exact) mass is 446 g/mol. The molecule has 1 aliphatic heterocycles. The quantitative estimate of drug-likeness (QED) is 0.445. The molecule has 0 radical (unpaired) electrons. The van der Waals surface area contributed by atoms with Crippen LogP contribution in [0.25, 0.3) is 6.08 Å². The second kappa shape index (κ2) is 9.49. The number of aromatic nitrogens is 1. The number of benzene rings is 2. The number of imide groups is 1. The van der Waals surface area contributed by atoms with E-state index in [1.807, 2.05) is 62.4 Å². The lowest BCUT2D eigenvalue weighted by atomic mass is 10.2. The fourth-order valence-electron chi connectivity index (χ4n) is 3.78. The first-order valence-electron chi connectivity index (χ1n) is 10.6. The van der Waals surface area contributed by atoms with Crippen LogP contribution in [-0.2, 0) is 11.3 Å². The van der Waals surface area contributed by atoms with E-state index in [0.717, 1.165) is 46.6 Å². The smallest absolute Gasteiger partial charge is 0.293 e. The van der Waals surface area contributed by atoms with E-state index in [1.54, 1.807) is 0 Å². The molecule has 0 spiro atoms. The van der Waals surface area contributed by atoms with Crippen molar-refractivity contribution in [3.05, 3.63) is 93.6 Å². The molecule has 1 aromatic heterocycles. The van der Waals surface area contributed by atoms with Gasteiger partial charge in [-0.1, -0.05) is 42.5 Å². The van der Waals surface area contributed by atoms with Crippen LogP contribution in [-0.4, -0.2) is 33.8 Å². The Balaban J connectivity index is 1.45. The number of carbonyl (C=O) groups is 2. The fourth-order valence-corrected chi connectivity index (χ4v) is 4.63. The average molecular weight is 447 g/mol. The number of ether oxygens (including phenoxy) is 1. The maximum Gasteiger partial charge on any atom is 0.293 e. The minimum atomic E-state index is -0.263. The Kier molecular flexibility index (Phi) is 6.51. The molecule has 0 bridgehead atoms. The Morgan fingerprint density at radius 2 is 1.75 bits per heavy atom. The number of carbonyl (C=O) groups excluding carboxylic acids is 2. The van der Waals surface area contributed by atoms with Gasteiger partial charge in [-0.15, -0.1) is 0 Å². The first kappa shape index (κ1) is 22.0. The molecule has 0 unspecified atom stereocenters.